The minimum Gasteiger partial charge on any atom is -0.309 e. The van der Waals surface area contributed by atoms with Crippen LogP contribution in [0, 0.1) is 0 Å². The summed E-state index contributed by atoms with van der Waals surface area (Å²) < 4.78 is 7.55. The Bertz CT molecular complexity index is 3470. The van der Waals surface area contributed by atoms with Gasteiger partial charge in [0.2, 0.25) is 0 Å². The normalized spacial score (nSPS) is 12.0. The molecule has 0 N–H and O–H groups in total. The third-order valence-electron chi connectivity index (χ3n) is 11.5. The SMILES string of the molecule is c1ccc(-c2ccc3c4cc(-c5ccc6c(c5)c5ccc7ccccc7c5n6-c5ccc6sc7ccccc7c6c5)ccc4n(-c4ccccc4)c3c2)cc1. The van der Waals surface area contributed by atoms with Gasteiger partial charge in [-0.05, 0) is 94.4 Å². The highest BCUT2D eigenvalue weighted by Gasteiger charge is 2.19. The molecule has 0 aliphatic carbocycles. The molecule has 3 heterocycles. The predicted molar refractivity (Wildman–Crippen MR) is 236 cm³/mol. The van der Waals surface area contributed by atoms with Gasteiger partial charge in [-0.2, -0.15) is 0 Å². The van der Waals surface area contributed by atoms with Crippen LogP contribution in [0.5, 0.6) is 0 Å². The van der Waals surface area contributed by atoms with Crippen molar-refractivity contribution in [2.75, 3.05) is 0 Å². The zero-order chi connectivity index (χ0) is 36.0. The summed E-state index contributed by atoms with van der Waals surface area (Å²) in [5.41, 5.74) is 12.1. The standard InChI is InChI=1S/C52H32N2S/c1-3-11-33(12-4-1)37-20-24-41-44-29-35(21-26-47(44)53(49(41)31-37)38-14-5-2-6-15-38)36-22-27-48-45(30-36)43-25-19-34-13-7-8-16-40(34)52(43)54(48)39-23-28-51-46(32-39)42-17-9-10-18-50(42)55-51/h1-32H. The van der Waals surface area contributed by atoms with Gasteiger partial charge in [0.15, 0.2) is 0 Å². The topological polar surface area (TPSA) is 9.86 Å². The number of rotatable bonds is 4. The average molecular weight is 717 g/mol. The Morgan fingerprint density at radius 3 is 1.73 bits per heavy atom. The van der Waals surface area contributed by atoms with Gasteiger partial charge in [-0.25, -0.2) is 0 Å². The summed E-state index contributed by atoms with van der Waals surface area (Å²) in [7, 11) is 0. The minimum atomic E-state index is 1.16. The number of hydrogen-bond acceptors (Lipinski definition) is 1. The van der Waals surface area contributed by atoms with Crippen LogP contribution in [0.1, 0.15) is 0 Å². The first kappa shape index (κ1) is 30.5. The molecule has 0 atom stereocenters. The number of thiophene rings is 1. The fraction of sp³-hybridized carbons (Fsp3) is 0. The number of aromatic nitrogens is 2. The van der Waals surface area contributed by atoms with E-state index in [1.54, 1.807) is 0 Å². The lowest BCUT2D eigenvalue weighted by molar-refractivity contribution is 1.18. The summed E-state index contributed by atoms with van der Waals surface area (Å²) in [5, 5.41) is 10.2. The molecule has 2 nitrogen and oxygen atoms in total. The highest BCUT2D eigenvalue weighted by Crippen LogP contribution is 2.42. The van der Waals surface area contributed by atoms with Gasteiger partial charge in [0, 0.05) is 58.5 Å². The fourth-order valence-corrected chi connectivity index (χ4v) is 10.0. The molecule has 0 saturated heterocycles. The Hall–Kier alpha value is -6.94. The van der Waals surface area contributed by atoms with E-state index in [0.29, 0.717) is 0 Å². The largest absolute Gasteiger partial charge is 0.309 e. The zero-order valence-electron chi connectivity index (χ0n) is 29.8. The van der Waals surface area contributed by atoms with Crippen molar-refractivity contribution in [2.24, 2.45) is 0 Å². The van der Waals surface area contributed by atoms with Crippen LogP contribution >= 0.6 is 11.3 Å². The smallest absolute Gasteiger partial charge is 0.0619 e. The number of para-hydroxylation sites is 1. The Labute approximate surface area is 321 Å². The van der Waals surface area contributed by atoms with Crippen molar-refractivity contribution in [3.8, 4) is 33.6 Å². The first-order chi connectivity index (χ1) is 27.3. The summed E-state index contributed by atoms with van der Waals surface area (Å²) >= 11 is 1.87. The fourth-order valence-electron chi connectivity index (χ4n) is 8.95. The molecule has 0 bridgehead atoms. The quantitative estimate of drug-likeness (QED) is 0.172. The Morgan fingerprint density at radius 2 is 0.909 bits per heavy atom. The molecule has 0 fully saturated rings. The van der Waals surface area contributed by atoms with E-state index in [0.717, 1.165) is 5.69 Å². The van der Waals surface area contributed by atoms with Crippen molar-refractivity contribution in [1.82, 2.24) is 9.13 Å². The molecule has 0 unspecified atom stereocenters. The highest BCUT2D eigenvalue weighted by atomic mass is 32.1. The predicted octanol–water partition coefficient (Wildman–Crippen LogP) is 14.7. The Morgan fingerprint density at radius 1 is 0.291 bits per heavy atom. The van der Waals surface area contributed by atoms with Gasteiger partial charge < -0.3 is 9.13 Å². The average Bonchev–Trinajstić information content (AvgIpc) is 3.91. The summed E-state index contributed by atoms with van der Waals surface area (Å²) in [5.74, 6) is 0. The molecule has 12 rings (SSSR count). The first-order valence-electron chi connectivity index (χ1n) is 18.8. The van der Waals surface area contributed by atoms with E-state index in [2.05, 4.69) is 203 Å². The van der Waals surface area contributed by atoms with Gasteiger partial charge in [0.25, 0.3) is 0 Å². The van der Waals surface area contributed by atoms with Crippen LogP contribution in [0.2, 0.25) is 0 Å². The number of hydrogen-bond donors (Lipinski definition) is 0. The lowest BCUT2D eigenvalue weighted by Crippen LogP contribution is -1.94. The summed E-state index contributed by atoms with van der Waals surface area (Å²) in [6, 6.07) is 71.5. The molecule has 3 aromatic heterocycles. The van der Waals surface area contributed by atoms with Gasteiger partial charge in [-0.15, -0.1) is 11.3 Å². The van der Waals surface area contributed by atoms with Gasteiger partial charge in [0.05, 0.1) is 22.1 Å². The molecule has 0 saturated carbocycles. The maximum Gasteiger partial charge on any atom is 0.0619 e. The van der Waals surface area contributed by atoms with E-state index in [9.17, 15) is 0 Å². The van der Waals surface area contributed by atoms with Crippen molar-refractivity contribution < 1.29 is 0 Å². The second kappa shape index (κ2) is 11.8. The molecule has 9 aromatic carbocycles. The van der Waals surface area contributed by atoms with Crippen LogP contribution in [0.25, 0.3) is 108 Å². The molecule has 0 spiro atoms. The second-order valence-electron chi connectivity index (χ2n) is 14.5. The van der Waals surface area contributed by atoms with Crippen molar-refractivity contribution in [3.05, 3.63) is 194 Å². The number of benzene rings is 9. The molecule has 0 aliphatic heterocycles. The minimum absolute atomic E-state index is 1.16. The van der Waals surface area contributed by atoms with Crippen molar-refractivity contribution in [3.63, 3.8) is 0 Å². The van der Waals surface area contributed by atoms with E-state index in [4.69, 9.17) is 0 Å². The van der Waals surface area contributed by atoms with E-state index in [1.807, 2.05) is 11.3 Å². The van der Waals surface area contributed by atoms with Crippen LogP contribution < -0.4 is 0 Å². The van der Waals surface area contributed by atoms with Gasteiger partial charge in [-0.3, -0.25) is 0 Å². The van der Waals surface area contributed by atoms with Crippen LogP contribution in [-0.2, 0) is 0 Å². The molecular weight excluding hydrogens is 685 g/mol. The van der Waals surface area contributed by atoms with E-state index in [-0.39, 0.29) is 0 Å². The molecule has 0 amide bonds. The third kappa shape index (κ3) is 4.60. The monoisotopic (exact) mass is 716 g/mol. The lowest BCUT2D eigenvalue weighted by atomic mass is 9.99. The summed E-state index contributed by atoms with van der Waals surface area (Å²) in [6.45, 7) is 0. The van der Waals surface area contributed by atoms with Gasteiger partial charge >= 0.3 is 0 Å². The van der Waals surface area contributed by atoms with Crippen LogP contribution in [0.3, 0.4) is 0 Å². The molecular formula is C52H32N2S. The van der Waals surface area contributed by atoms with Crippen LogP contribution in [-0.4, -0.2) is 9.13 Å². The van der Waals surface area contributed by atoms with Crippen molar-refractivity contribution in [2.45, 2.75) is 0 Å². The van der Waals surface area contributed by atoms with E-state index < -0.39 is 0 Å². The Balaban J connectivity index is 1.08. The second-order valence-corrected chi connectivity index (χ2v) is 15.6. The van der Waals surface area contributed by atoms with Crippen LogP contribution in [0.15, 0.2) is 194 Å². The lowest BCUT2D eigenvalue weighted by Gasteiger charge is -2.11. The number of fused-ring (bicyclic) bond motifs is 11. The van der Waals surface area contributed by atoms with Gasteiger partial charge in [-0.1, -0.05) is 127 Å². The third-order valence-corrected chi connectivity index (χ3v) is 12.6. The van der Waals surface area contributed by atoms with Crippen molar-refractivity contribution >= 4 is 85.9 Å². The van der Waals surface area contributed by atoms with Gasteiger partial charge in [0.1, 0.15) is 0 Å². The maximum absolute atomic E-state index is 2.49. The highest BCUT2D eigenvalue weighted by molar-refractivity contribution is 7.25. The first-order valence-corrected chi connectivity index (χ1v) is 19.7. The van der Waals surface area contributed by atoms with E-state index >= 15 is 0 Å². The molecule has 0 aliphatic rings. The summed E-state index contributed by atoms with van der Waals surface area (Å²) in [6.07, 6.45) is 0. The molecule has 55 heavy (non-hydrogen) atoms. The van der Waals surface area contributed by atoms with E-state index in [1.165, 1.54) is 102 Å². The maximum atomic E-state index is 2.49. The molecule has 3 heteroatoms. The Kier molecular flexibility index (Phi) is 6.54. The van der Waals surface area contributed by atoms with Crippen molar-refractivity contribution in [1.29, 1.82) is 0 Å². The number of nitrogens with zero attached hydrogens (tertiary/aromatic N) is 2. The summed E-state index contributed by atoms with van der Waals surface area (Å²) in [4.78, 5) is 0. The molecule has 12 aromatic rings. The molecule has 256 valence electrons. The molecule has 0 radical (unpaired) electrons. The zero-order valence-corrected chi connectivity index (χ0v) is 30.6. The van der Waals surface area contributed by atoms with Crippen LogP contribution in [0.4, 0.5) is 0 Å².